The van der Waals surface area contributed by atoms with Crippen LogP contribution < -0.4 is 0 Å². The van der Waals surface area contributed by atoms with Crippen LogP contribution in [0.15, 0.2) is 54.9 Å². The van der Waals surface area contributed by atoms with Crippen molar-refractivity contribution in [3.63, 3.8) is 0 Å². The average molecular weight is 270 g/mol. The van der Waals surface area contributed by atoms with E-state index < -0.39 is 5.60 Å². The molecule has 0 unspecified atom stereocenters. The fourth-order valence-corrected chi connectivity index (χ4v) is 2.30. The molecule has 0 radical (unpaired) electrons. The summed E-state index contributed by atoms with van der Waals surface area (Å²) in [7, 11) is 0. The van der Waals surface area contributed by atoms with Crippen molar-refractivity contribution in [3.05, 3.63) is 66.0 Å². The van der Waals surface area contributed by atoms with Gasteiger partial charge in [0, 0.05) is 32.0 Å². The predicted molar refractivity (Wildman–Crippen MR) is 81.1 cm³/mol. The summed E-state index contributed by atoms with van der Waals surface area (Å²) in [5, 5.41) is 10.1. The first kappa shape index (κ1) is 14.7. The van der Waals surface area contributed by atoms with Crippen molar-refractivity contribution in [2.45, 2.75) is 32.5 Å². The zero-order valence-electron chi connectivity index (χ0n) is 12.2. The Morgan fingerprint density at radius 2 is 1.50 bits per heavy atom. The molecule has 2 rings (SSSR count). The molecule has 0 atom stereocenters. The highest BCUT2D eigenvalue weighted by Crippen LogP contribution is 2.13. The molecule has 3 heteroatoms. The van der Waals surface area contributed by atoms with Crippen molar-refractivity contribution in [3.8, 4) is 0 Å². The largest absolute Gasteiger partial charge is 0.389 e. The topological polar surface area (TPSA) is 36.4 Å². The second kappa shape index (κ2) is 6.64. The standard InChI is InChI=1S/C17H22N2O/c1-17(2,20)14-19(12-15-6-4-3-5-7-15)13-16-8-10-18-11-9-16/h3-11,20H,12-14H2,1-2H3. The van der Waals surface area contributed by atoms with Gasteiger partial charge in [0.2, 0.25) is 0 Å². The molecule has 1 aromatic heterocycles. The van der Waals surface area contributed by atoms with E-state index >= 15 is 0 Å². The molecule has 1 N–H and O–H groups in total. The maximum Gasteiger partial charge on any atom is 0.0718 e. The second-order valence-electron chi connectivity index (χ2n) is 5.80. The Balaban J connectivity index is 2.08. The van der Waals surface area contributed by atoms with Crippen molar-refractivity contribution >= 4 is 0 Å². The Morgan fingerprint density at radius 3 is 2.05 bits per heavy atom. The molecule has 0 amide bonds. The van der Waals surface area contributed by atoms with Crippen molar-refractivity contribution in [2.24, 2.45) is 0 Å². The lowest BCUT2D eigenvalue weighted by Gasteiger charge is -2.29. The summed E-state index contributed by atoms with van der Waals surface area (Å²) < 4.78 is 0. The molecule has 20 heavy (non-hydrogen) atoms. The van der Waals surface area contributed by atoms with Gasteiger partial charge in [-0.25, -0.2) is 0 Å². The highest BCUT2D eigenvalue weighted by molar-refractivity contribution is 5.15. The van der Waals surface area contributed by atoms with Crippen molar-refractivity contribution in [1.29, 1.82) is 0 Å². The highest BCUT2D eigenvalue weighted by atomic mass is 16.3. The summed E-state index contributed by atoms with van der Waals surface area (Å²) in [5.41, 5.74) is 1.76. The number of aliphatic hydroxyl groups is 1. The summed E-state index contributed by atoms with van der Waals surface area (Å²) in [6.45, 7) is 5.95. The van der Waals surface area contributed by atoms with Gasteiger partial charge in [-0.15, -0.1) is 0 Å². The molecule has 0 saturated heterocycles. The molecule has 0 bridgehead atoms. The van der Waals surface area contributed by atoms with Gasteiger partial charge in [0.25, 0.3) is 0 Å². The van der Waals surface area contributed by atoms with Gasteiger partial charge < -0.3 is 5.11 Å². The number of benzene rings is 1. The van der Waals surface area contributed by atoms with E-state index in [2.05, 4.69) is 22.0 Å². The lowest BCUT2D eigenvalue weighted by atomic mass is 10.1. The van der Waals surface area contributed by atoms with E-state index in [-0.39, 0.29) is 0 Å². The molecule has 0 spiro atoms. The van der Waals surface area contributed by atoms with Crippen LogP contribution in [0.3, 0.4) is 0 Å². The minimum absolute atomic E-state index is 0.629. The van der Waals surface area contributed by atoms with Crippen LogP contribution >= 0.6 is 0 Å². The van der Waals surface area contributed by atoms with Gasteiger partial charge in [-0.2, -0.15) is 0 Å². The first-order chi connectivity index (χ1) is 9.53. The van der Waals surface area contributed by atoms with Gasteiger partial charge in [-0.3, -0.25) is 9.88 Å². The van der Waals surface area contributed by atoms with Crippen LogP contribution in [0.4, 0.5) is 0 Å². The molecule has 0 aliphatic rings. The Bertz CT molecular complexity index is 464. The molecule has 0 saturated carbocycles. The number of hydrogen-bond acceptors (Lipinski definition) is 3. The van der Waals surface area contributed by atoms with Gasteiger partial charge >= 0.3 is 0 Å². The smallest absolute Gasteiger partial charge is 0.0718 e. The summed E-state index contributed by atoms with van der Waals surface area (Å²) >= 11 is 0. The van der Waals surface area contributed by atoms with Crippen LogP contribution in [0.1, 0.15) is 25.0 Å². The van der Waals surface area contributed by atoms with E-state index in [1.807, 2.05) is 44.2 Å². The number of pyridine rings is 1. The maximum absolute atomic E-state index is 10.1. The minimum atomic E-state index is -0.707. The zero-order valence-corrected chi connectivity index (χ0v) is 12.2. The molecule has 2 aromatic rings. The summed E-state index contributed by atoms with van der Waals surface area (Å²) in [5.74, 6) is 0. The Hall–Kier alpha value is -1.71. The maximum atomic E-state index is 10.1. The average Bonchev–Trinajstić information content (AvgIpc) is 2.39. The lowest BCUT2D eigenvalue weighted by Crippen LogP contribution is -2.37. The lowest BCUT2D eigenvalue weighted by molar-refractivity contribution is 0.0307. The number of nitrogens with zero attached hydrogens (tertiary/aromatic N) is 2. The van der Waals surface area contributed by atoms with Gasteiger partial charge in [0.15, 0.2) is 0 Å². The Labute approximate surface area is 120 Å². The first-order valence-corrected chi connectivity index (χ1v) is 6.90. The molecule has 106 valence electrons. The van der Waals surface area contributed by atoms with Gasteiger partial charge in [-0.05, 0) is 37.1 Å². The molecule has 0 aliphatic heterocycles. The van der Waals surface area contributed by atoms with Crippen molar-refractivity contribution in [1.82, 2.24) is 9.88 Å². The van der Waals surface area contributed by atoms with E-state index in [1.165, 1.54) is 11.1 Å². The number of rotatable bonds is 6. The molecule has 0 aliphatic carbocycles. The molecule has 0 fully saturated rings. The highest BCUT2D eigenvalue weighted by Gasteiger charge is 2.18. The Morgan fingerprint density at radius 1 is 0.950 bits per heavy atom. The number of hydrogen-bond donors (Lipinski definition) is 1. The summed E-state index contributed by atoms with van der Waals surface area (Å²) in [6, 6.07) is 14.4. The molecule has 3 nitrogen and oxygen atoms in total. The van der Waals surface area contributed by atoms with Crippen LogP contribution in [0.25, 0.3) is 0 Å². The fraction of sp³-hybridized carbons (Fsp3) is 0.353. The molecule has 1 aromatic carbocycles. The van der Waals surface area contributed by atoms with Crippen molar-refractivity contribution < 1.29 is 5.11 Å². The molecular formula is C17H22N2O. The third kappa shape index (κ3) is 5.11. The molecular weight excluding hydrogens is 248 g/mol. The third-order valence-corrected chi connectivity index (χ3v) is 3.02. The van der Waals surface area contributed by atoms with E-state index in [0.717, 1.165) is 13.1 Å². The van der Waals surface area contributed by atoms with Crippen LogP contribution in [-0.2, 0) is 13.1 Å². The van der Waals surface area contributed by atoms with Gasteiger partial charge in [-0.1, -0.05) is 30.3 Å². The normalized spacial score (nSPS) is 11.8. The second-order valence-corrected chi connectivity index (χ2v) is 5.80. The summed E-state index contributed by atoms with van der Waals surface area (Å²) in [6.07, 6.45) is 3.61. The monoisotopic (exact) mass is 270 g/mol. The van der Waals surface area contributed by atoms with E-state index in [1.54, 1.807) is 12.4 Å². The van der Waals surface area contributed by atoms with Gasteiger partial charge in [0.1, 0.15) is 0 Å². The van der Waals surface area contributed by atoms with Crippen molar-refractivity contribution in [2.75, 3.05) is 6.54 Å². The van der Waals surface area contributed by atoms with Crippen LogP contribution in [0.2, 0.25) is 0 Å². The van der Waals surface area contributed by atoms with E-state index in [9.17, 15) is 5.11 Å². The predicted octanol–water partition coefficient (Wildman–Crippen LogP) is 2.85. The minimum Gasteiger partial charge on any atom is -0.389 e. The van der Waals surface area contributed by atoms with Crippen LogP contribution in [0.5, 0.6) is 0 Å². The van der Waals surface area contributed by atoms with Crippen LogP contribution in [0, 0.1) is 0 Å². The quantitative estimate of drug-likeness (QED) is 0.877. The zero-order chi connectivity index (χ0) is 14.4. The Kier molecular flexibility index (Phi) is 4.88. The third-order valence-electron chi connectivity index (χ3n) is 3.02. The van der Waals surface area contributed by atoms with E-state index in [0.29, 0.717) is 6.54 Å². The van der Waals surface area contributed by atoms with Gasteiger partial charge in [0.05, 0.1) is 5.60 Å². The fourth-order valence-electron chi connectivity index (χ4n) is 2.30. The first-order valence-electron chi connectivity index (χ1n) is 6.90. The van der Waals surface area contributed by atoms with Crippen LogP contribution in [-0.4, -0.2) is 27.1 Å². The summed E-state index contributed by atoms with van der Waals surface area (Å²) in [4.78, 5) is 6.30. The number of aromatic nitrogens is 1. The van der Waals surface area contributed by atoms with E-state index in [4.69, 9.17) is 0 Å². The molecule has 1 heterocycles. The SMILES string of the molecule is CC(C)(O)CN(Cc1ccccc1)Cc1ccncc1.